The van der Waals surface area contributed by atoms with Crippen LogP contribution in [0.25, 0.3) is 27.2 Å². The van der Waals surface area contributed by atoms with Gasteiger partial charge >= 0.3 is 0 Å². The molecule has 3 heterocycles. The zero-order valence-corrected chi connectivity index (χ0v) is 11.5. The van der Waals surface area contributed by atoms with Crippen molar-refractivity contribution in [2.45, 2.75) is 19.8 Å². The molecule has 0 atom stereocenters. The average Bonchev–Trinajstić information content (AvgIpc) is 2.84. The normalized spacial score (nSPS) is 13.8. The maximum Gasteiger partial charge on any atom is 0.0569 e. The molecule has 0 unspecified atom stereocenters. The summed E-state index contributed by atoms with van der Waals surface area (Å²) in [6, 6.07) is 17.9. The van der Waals surface area contributed by atoms with E-state index in [4.69, 9.17) is 0 Å². The van der Waals surface area contributed by atoms with Gasteiger partial charge in [0, 0.05) is 16.5 Å². The Kier molecular flexibility index (Phi) is 1.80. The largest absolute Gasteiger partial charge is 0.312 e. The highest BCUT2D eigenvalue weighted by atomic mass is 14.9. The Morgan fingerprint density at radius 3 is 2.55 bits per heavy atom. The number of rotatable bonds is 0. The standard InChI is InChI=1S/C19H15N/c1-12-11-18-15-7-3-2-6-14(15)16-8-4-5-13-9-10-17(12)20(18)19(13)16/h2-8,11H,9-10H2,1H3. The lowest BCUT2D eigenvalue weighted by Crippen LogP contribution is -2.07. The first-order valence-electron chi connectivity index (χ1n) is 7.28. The fraction of sp³-hybridized carbons (Fsp3) is 0.158. The Balaban J connectivity index is 2.26. The molecule has 1 aliphatic heterocycles. The number of hydrogen-bond acceptors (Lipinski definition) is 0. The van der Waals surface area contributed by atoms with Crippen molar-refractivity contribution in [3.8, 4) is 0 Å². The molecule has 0 bridgehead atoms. The number of aryl methyl sites for hydroxylation is 3. The number of nitrogens with zero attached hydrogens (tertiary/aromatic N) is 1. The van der Waals surface area contributed by atoms with Crippen molar-refractivity contribution in [1.29, 1.82) is 0 Å². The summed E-state index contributed by atoms with van der Waals surface area (Å²) >= 11 is 0. The van der Waals surface area contributed by atoms with Crippen molar-refractivity contribution in [2.24, 2.45) is 0 Å². The van der Waals surface area contributed by atoms with Gasteiger partial charge in [-0.05, 0) is 42.3 Å². The van der Waals surface area contributed by atoms with E-state index in [-0.39, 0.29) is 0 Å². The summed E-state index contributed by atoms with van der Waals surface area (Å²) in [5.41, 5.74) is 7.20. The van der Waals surface area contributed by atoms with Crippen LogP contribution in [0.15, 0.2) is 48.5 Å². The van der Waals surface area contributed by atoms with Gasteiger partial charge in [0.25, 0.3) is 0 Å². The minimum atomic E-state index is 1.16. The number of benzene rings is 2. The molecule has 4 aromatic rings. The third-order valence-electron chi connectivity index (χ3n) is 4.79. The molecule has 5 rings (SSSR count). The fourth-order valence-corrected chi connectivity index (χ4v) is 3.91. The quantitative estimate of drug-likeness (QED) is 0.404. The van der Waals surface area contributed by atoms with Crippen molar-refractivity contribution in [3.05, 3.63) is 65.4 Å². The summed E-state index contributed by atoms with van der Waals surface area (Å²) in [4.78, 5) is 0. The molecule has 0 saturated heterocycles. The first kappa shape index (κ1) is 10.5. The predicted molar refractivity (Wildman–Crippen MR) is 84.6 cm³/mol. The van der Waals surface area contributed by atoms with Crippen LogP contribution in [0.3, 0.4) is 0 Å². The van der Waals surface area contributed by atoms with Crippen LogP contribution in [0.4, 0.5) is 0 Å². The van der Waals surface area contributed by atoms with Crippen molar-refractivity contribution in [1.82, 2.24) is 4.40 Å². The molecule has 0 amide bonds. The fourth-order valence-electron chi connectivity index (χ4n) is 3.91. The smallest absolute Gasteiger partial charge is 0.0569 e. The van der Waals surface area contributed by atoms with Crippen LogP contribution >= 0.6 is 0 Å². The van der Waals surface area contributed by atoms with Crippen molar-refractivity contribution in [3.63, 3.8) is 0 Å². The van der Waals surface area contributed by atoms with E-state index in [0.29, 0.717) is 0 Å². The number of aromatic nitrogens is 1. The summed E-state index contributed by atoms with van der Waals surface area (Å²) in [7, 11) is 0. The molecule has 20 heavy (non-hydrogen) atoms. The molecule has 1 aliphatic rings. The number of para-hydroxylation sites is 1. The van der Waals surface area contributed by atoms with E-state index in [9.17, 15) is 0 Å². The Morgan fingerprint density at radius 2 is 1.65 bits per heavy atom. The first-order chi connectivity index (χ1) is 9.84. The minimum absolute atomic E-state index is 1.16. The molecule has 1 nitrogen and oxygen atoms in total. The molecule has 0 radical (unpaired) electrons. The lowest BCUT2D eigenvalue weighted by atomic mass is 9.97. The number of hydrogen-bond donors (Lipinski definition) is 0. The minimum Gasteiger partial charge on any atom is -0.312 e. The van der Waals surface area contributed by atoms with Gasteiger partial charge < -0.3 is 4.40 Å². The van der Waals surface area contributed by atoms with Gasteiger partial charge in [0.1, 0.15) is 0 Å². The van der Waals surface area contributed by atoms with Gasteiger partial charge in [-0.1, -0.05) is 42.5 Å². The van der Waals surface area contributed by atoms with E-state index in [0.717, 1.165) is 12.8 Å². The van der Waals surface area contributed by atoms with Crippen LogP contribution in [0, 0.1) is 6.92 Å². The number of pyridine rings is 1. The lowest BCUT2D eigenvalue weighted by molar-refractivity contribution is 0.868. The van der Waals surface area contributed by atoms with Gasteiger partial charge in [-0.25, -0.2) is 0 Å². The van der Waals surface area contributed by atoms with Gasteiger partial charge in [0.05, 0.1) is 11.0 Å². The predicted octanol–water partition coefficient (Wildman–Crippen LogP) is 4.65. The van der Waals surface area contributed by atoms with Gasteiger partial charge in [0.15, 0.2) is 0 Å². The van der Waals surface area contributed by atoms with E-state index in [1.165, 1.54) is 44.0 Å². The van der Waals surface area contributed by atoms with E-state index >= 15 is 0 Å². The van der Waals surface area contributed by atoms with Crippen molar-refractivity contribution in [2.75, 3.05) is 0 Å². The second-order valence-electron chi connectivity index (χ2n) is 5.85. The van der Waals surface area contributed by atoms with E-state index in [1.54, 1.807) is 0 Å². The zero-order chi connectivity index (χ0) is 13.3. The molecular formula is C19H15N. The van der Waals surface area contributed by atoms with Gasteiger partial charge in [-0.15, -0.1) is 0 Å². The van der Waals surface area contributed by atoms with Crippen molar-refractivity contribution >= 4 is 27.2 Å². The van der Waals surface area contributed by atoms with E-state index in [1.807, 2.05) is 0 Å². The summed E-state index contributed by atoms with van der Waals surface area (Å²) in [6.45, 7) is 2.25. The topological polar surface area (TPSA) is 4.41 Å². The van der Waals surface area contributed by atoms with Crippen LogP contribution in [-0.2, 0) is 12.8 Å². The van der Waals surface area contributed by atoms with Crippen LogP contribution in [0.1, 0.15) is 16.8 Å². The molecule has 0 fully saturated rings. The van der Waals surface area contributed by atoms with Gasteiger partial charge in [-0.2, -0.15) is 0 Å². The molecular weight excluding hydrogens is 242 g/mol. The second kappa shape index (κ2) is 3.43. The molecule has 96 valence electrons. The molecule has 1 heteroatoms. The monoisotopic (exact) mass is 257 g/mol. The van der Waals surface area contributed by atoms with Crippen LogP contribution < -0.4 is 0 Å². The SMILES string of the molecule is Cc1cc2c3ccccc3c3cccc4c3n2c1CC4. The molecule has 2 aromatic carbocycles. The van der Waals surface area contributed by atoms with Crippen LogP contribution in [0.5, 0.6) is 0 Å². The highest BCUT2D eigenvalue weighted by Gasteiger charge is 2.19. The lowest BCUT2D eigenvalue weighted by Gasteiger charge is -2.19. The summed E-state index contributed by atoms with van der Waals surface area (Å²) < 4.78 is 2.51. The molecule has 0 aliphatic carbocycles. The van der Waals surface area contributed by atoms with E-state index < -0.39 is 0 Å². The third-order valence-corrected chi connectivity index (χ3v) is 4.79. The van der Waals surface area contributed by atoms with Crippen molar-refractivity contribution < 1.29 is 0 Å². The Hall–Kier alpha value is -2.28. The maximum atomic E-state index is 2.51. The Labute approximate surface area is 117 Å². The van der Waals surface area contributed by atoms with Crippen LogP contribution in [0.2, 0.25) is 0 Å². The van der Waals surface area contributed by atoms with E-state index in [2.05, 4.69) is 59.9 Å². The number of fused-ring (bicyclic) bond motifs is 3. The molecule has 0 saturated carbocycles. The highest BCUT2D eigenvalue weighted by Crippen LogP contribution is 2.36. The van der Waals surface area contributed by atoms with Gasteiger partial charge in [0.2, 0.25) is 0 Å². The zero-order valence-electron chi connectivity index (χ0n) is 11.5. The van der Waals surface area contributed by atoms with Gasteiger partial charge in [-0.3, -0.25) is 0 Å². The Morgan fingerprint density at radius 1 is 0.850 bits per heavy atom. The first-order valence-corrected chi connectivity index (χ1v) is 7.28. The molecule has 0 N–H and O–H groups in total. The third kappa shape index (κ3) is 1.10. The average molecular weight is 257 g/mol. The highest BCUT2D eigenvalue weighted by molar-refractivity contribution is 6.13. The van der Waals surface area contributed by atoms with Crippen LogP contribution in [-0.4, -0.2) is 4.40 Å². The molecule has 0 spiro atoms. The second-order valence-corrected chi connectivity index (χ2v) is 5.85. The molecule has 2 aromatic heterocycles. The Bertz CT molecular complexity index is 1000. The summed E-state index contributed by atoms with van der Waals surface area (Å²) in [5, 5.41) is 4.14. The summed E-state index contributed by atoms with van der Waals surface area (Å²) in [5.74, 6) is 0. The summed E-state index contributed by atoms with van der Waals surface area (Å²) in [6.07, 6.45) is 2.32. The maximum absolute atomic E-state index is 2.51.